The number of unbranched alkanes of at least 4 members (excludes halogenated alkanes) is 1. The summed E-state index contributed by atoms with van der Waals surface area (Å²) >= 11 is 2.20. The molecule has 0 bridgehead atoms. The molecule has 1 aromatic rings. The van der Waals surface area contributed by atoms with Crippen LogP contribution < -0.4 is 0 Å². The van der Waals surface area contributed by atoms with E-state index in [0.717, 1.165) is 5.56 Å². The van der Waals surface area contributed by atoms with Crippen LogP contribution in [0.3, 0.4) is 0 Å². The van der Waals surface area contributed by atoms with Crippen LogP contribution in [-0.2, 0) is 0 Å². The van der Waals surface area contributed by atoms with Gasteiger partial charge in [-0.2, -0.15) is 0 Å². The van der Waals surface area contributed by atoms with E-state index in [0.29, 0.717) is 4.59 Å². The monoisotopic (exact) mass is 178 g/mol. The molecule has 0 aliphatic rings. The Morgan fingerprint density at radius 1 is 1.29 bits per heavy atom. The zero-order valence-corrected chi connectivity index (χ0v) is 9.09. The van der Waals surface area contributed by atoms with Gasteiger partial charge in [0, 0.05) is 0 Å². The van der Waals surface area contributed by atoms with Crippen LogP contribution in [0, 0.1) is 11.8 Å². The Balaban J connectivity index is 2.47. The van der Waals surface area contributed by atoms with Crippen LogP contribution in [0.2, 0.25) is 4.59 Å². The zero-order chi connectivity index (χ0) is 10.2. The summed E-state index contributed by atoms with van der Waals surface area (Å²) in [6.45, 7) is 2.22. The van der Waals surface area contributed by atoms with Crippen molar-refractivity contribution in [3.8, 4) is 11.8 Å². The van der Waals surface area contributed by atoms with E-state index < -0.39 is 0 Å². The fourth-order valence-electron chi connectivity index (χ4n) is 1.31. The van der Waals surface area contributed by atoms with Crippen LogP contribution in [0.5, 0.6) is 0 Å². The Bertz CT molecular complexity index is 305. The van der Waals surface area contributed by atoms with Gasteiger partial charge < -0.3 is 0 Å². The van der Waals surface area contributed by atoms with Gasteiger partial charge in [-0.3, -0.25) is 0 Å². The zero-order valence-electron chi connectivity index (χ0n) is 9.09. The summed E-state index contributed by atoms with van der Waals surface area (Å²) in [4.78, 5) is 0. The molecule has 0 aliphatic carbocycles. The predicted molar refractivity (Wildman–Crippen MR) is 62.3 cm³/mol. The van der Waals surface area contributed by atoms with Crippen molar-refractivity contribution in [2.45, 2.75) is 30.8 Å². The number of benzene rings is 1. The van der Waals surface area contributed by atoms with Gasteiger partial charge in [-0.15, -0.1) is 0 Å². The molecule has 0 aliphatic heterocycles. The van der Waals surface area contributed by atoms with E-state index in [1.807, 2.05) is 18.2 Å². The van der Waals surface area contributed by atoms with Gasteiger partial charge in [0.05, 0.1) is 0 Å². The van der Waals surface area contributed by atoms with Gasteiger partial charge in [-0.1, -0.05) is 0 Å². The third kappa shape index (κ3) is 4.57. The van der Waals surface area contributed by atoms with E-state index in [1.165, 1.54) is 19.3 Å². The van der Waals surface area contributed by atoms with Crippen molar-refractivity contribution in [3.63, 3.8) is 0 Å². The van der Waals surface area contributed by atoms with Crippen LogP contribution in [0.25, 0.3) is 0 Å². The van der Waals surface area contributed by atoms with Crippen molar-refractivity contribution in [2.75, 3.05) is 0 Å². The molecule has 0 radical (unpaired) electrons. The van der Waals surface area contributed by atoms with Crippen molar-refractivity contribution < 1.29 is 0 Å². The molecule has 0 saturated heterocycles. The molecule has 68 valence electrons. The van der Waals surface area contributed by atoms with Gasteiger partial charge in [0.2, 0.25) is 0 Å². The van der Waals surface area contributed by atoms with Crippen molar-refractivity contribution >= 4 is 17.7 Å². The minimum atomic E-state index is 0.523. The second-order valence-corrected chi connectivity index (χ2v) is 3.68. The first-order valence-corrected chi connectivity index (χ1v) is 5.39. The molecule has 14 heavy (non-hydrogen) atoms. The third-order valence-corrected chi connectivity index (χ3v) is 2.23. The number of rotatable bonds is 3. The van der Waals surface area contributed by atoms with Crippen molar-refractivity contribution in [3.05, 3.63) is 35.9 Å². The number of hydrogen-bond donors (Lipinski definition) is 0. The summed E-state index contributed by atoms with van der Waals surface area (Å²) in [6, 6.07) is 10.2. The summed E-state index contributed by atoms with van der Waals surface area (Å²) in [5.74, 6) is 6.49. The van der Waals surface area contributed by atoms with Crippen molar-refractivity contribution in [1.82, 2.24) is 0 Å². The van der Waals surface area contributed by atoms with Gasteiger partial charge in [0.15, 0.2) is 0 Å². The molecular weight excluding hydrogens is 163 g/mol. The van der Waals surface area contributed by atoms with Crippen LogP contribution in [0.15, 0.2) is 30.3 Å². The molecule has 0 heterocycles. The maximum atomic E-state index is 3.28. The van der Waals surface area contributed by atoms with E-state index in [2.05, 4.69) is 48.6 Å². The molecule has 1 rings (SSSR count). The molecule has 0 N–H and O–H groups in total. The molecule has 0 fully saturated rings. The maximum absolute atomic E-state index is 3.28. The Hall–Kier alpha value is -0.623. The second-order valence-electron chi connectivity index (χ2n) is 3.68. The molecule has 0 saturated carbocycles. The summed E-state index contributed by atoms with van der Waals surface area (Å²) in [5, 5.41) is 0. The van der Waals surface area contributed by atoms with E-state index in [-0.39, 0.29) is 0 Å². The van der Waals surface area contributed by atoms with Crippen LogP contribution >= 0.6 is 0 Å². The molecule has 1 unspecified atom stereocenters. The van der Waals surface area contributed by atoms with E-state index >= 15 is 0 Å². The summed E-state index contributed by atoms with van der Waals surface area (Å²) < 4.78 is 0.523. The Morgan fingerprint density at radius 2 is 2.00 bits per heavy atom. The molecular formula is C13H15Li. The van der Waals surface area contributed by atoms with Gasteiger partial charge >= 0.3 is 96.2 Å². The van der Waals surface area contributed by atoms with E-state index in [4.69, 9.17) is 0 Å². The molecule has 0 spiro atoms. The summed E-state index contributed by atoms with van der Waals surface area (Å²) in [6.07, 6.45) is 3.76. The Kier molecular flexibility index (Phi) is 5.54. The average molecular weight is 178 g/mol. The van der Waals surface area contributed by atoms with Crippen LogP contribution in [0.4, 0.5) is 0 Å². The average Bonchev–Trinajstić information content (AvgIpc) is 2.25. The first kappa shape index (κ1) is 11.5. The third-order valence-electron chi connectivity index (χ3n) is 2.23. The first-order chi connectivity index (χ1) is 6.83. The number of hydrogen-bond acceptors (Lipinski definition) is 0. The fourth-order valence-corrected chi connectivity index (χ4v) is 1.31. The standard InChI is InChI=1S/C13H15.Li/c1-2-3-4-5-7-10-13-11-8-6-9-12-13;/h5-6,8-9,11-12H,2-4H2,1H3;. The van der Waals surface area contributed by atoms with E-state index in [1.54, 1.807) is 0 Å². The molecule has 1 aromatic carbocycles. The quantitative estimate of drug-likeness (QED) is 0.492. The molecule has 1 atom stereocenters. The van der Waals surface area contributed by atoms with Gasteiger partial charge in [0.1, 0.15) is 0 Å². The topological polar surface area (TPSA) is 0 Å². The normalized spacial score (nSPS) is 11.6. The molecule has 0 nitrogen and oxygen atoms in total. The molecule has 1 heteroatoms. The Morgan fingerprint density at radius 3 is 2.64 bits per heavy atom. The van der Waals surface area contributed by atoms with Crippen LogP contribution in [0.1, 0.15) is 31.7 Å². The fraction of sp³-hybridized carbons (Fsp3) is 0.385. The van der Waals surface area contributed by atoms with Crippen molar-refractivity contribution in [2.24, 2.45) is 0 Å². The first-order valence-electron chi connectivity index (χ1n) is 5.39. The minimum absolute atomic E-state index is 0.523. The second kappa shape index (κ2) is 6.78. The van der Waals surface area contributed by atoms with Gasteiger partial charge in [-0.25, -0.2) is 0 Å². The predicted octanol–water partition coefficient (Wildman–Crippen LogP) is 3.19. The molecule has 0 aromatic heterocycles. The van der Waals surface area contributed by atoms with E-state index in [9.17, 15) is 0 Å². The van der Waals surface area contributed by atoms with Gasteiger partial charge in [0.25, 0.3) is 0 Å². The SMILES string of the molecule is [Li][CH](C#Cc1ccccc1)CCCC. The van der Waals surface area contributed by atoms with Crippen molar-refractivity contribution in [1.29, 1.82) is 0 Å². The Labute approximate surface area is 96.3 Å². The summed E-state index contributed by atoms with van der Waals surface area (Å²) in [7, 11) is 0. The van der Waals surface area contributed by atoms with Crippen LogP contribution in [-0.4, -0.2) is 17.7 Å². The van der Waals surface area contributed by atoms with Gasteiger partial charge in [-0.05, 0) is 0 Å². The summed E-state index contributed by atoms with van der Waals surface area (Å²) in [5.41, 5.74) is 1.12. The molecule has 0 amide bonds.